The molecule has 1 unspecified atom stereocenters. The Labute approximate surface area is 211 Å². The monoisotopic (exact) mass is 510 g/mol. The van der Waals surface area contributed by atoms with Gasteiger partial charge >= 0.3 is 0 Å². The van der Waals surface area contributed by atoms with Crippen LogP contribution in [0.5, 0.6) is 5.75 Å². The molecule has 0 saturated carbocycles. The van der Waals surface area contributed by atoms with Gasteiger partial charge in [-0.15, -0.1) is 0 Å². The van der Waals surface area contributed by atoms with Crippen molar-refractivity contribution in [3.63, 3.8) is 0 Å². The molecule has 3 aromatic rings. The number of likely N-dealkylation sites (tertiary alicyclic amines) is 1. The second-order valence-corrected chi connectivity index (χ2v) is 8.48. The molecule has 1 fully saturated rings. The maximum absolute atomic E-state index is 13.1. The van der Waals surface area contributed by atoms with Crippen LogP contribution < -0.4 is 4.74 Å². The average molecular weight is 511 g/mol. The molecular formula is C25H23ClN4O6. The van der Waals surface area contributed by atoms with Crippen LogP contribution in [0.15, 0.2) is 66.8 Å². The molecule has 0 aliphatic carbocycles. The number of amides is 1. The number of hydrogen-bond acceptors (Lipinski definition) is 7. The number of carbonyl (C=O) groups excluding carboxylic acids is 2. The van der Waals surface area contributed by atoms with Crippen molar-refractivity contribution in [1.82, 2.24) is 14.5 Å². The van der Waals surface area contributed by atoms with Gasteiger partial charge in [0.25, 0.3) is 17.4 Å². The Balaban J connectivity index is 1.74. The zero-order chi connectivity index (χ0) is 25.8. The lowest BCUT2D eigenvalue weighted by atomic mass is 9.95. The van der Waals surface area contributed by atoms with Gasteiger partial charge in [-0.25, -0.2) is 4.98 Å². The molecule has 0 bridgehead atoms. The van der Waals surface area contributed by atoms with E-state index in [0.717, 1.165) is 0 Å². The van der Waals surface area contributed by atoms with Crippen LogP contribution in [0.3, 0.4) is 0 Å². The number of aryl methyl sites for hydroxylation is 1. The molecule has 1 atom stereocenters. The number of nitro benzene ring substituents is 1. The molecule has 0 radical (unpaired) electrons. The van der Waals surface area contributed by atoms with E-state index in [9.17, 15) is 24.8 Å². The summed E-state index contributed by atoms with van der Waals surface area (Å²) in [5.41, 5.74) is 0.457. The fourth-order valence-electron chi connectivity index (χ4n) is 4.15. The van der Waals surface area contributed by atoms with E-state index < -0.39 is 28.4 Å². The predicted molar refractivity (Wildman–Crippen MR) is 132 cm³/mol. The number of aliphatic hydroxyl groups is 1. The van der Waals surface area contributed by atoms with Crippen LogP contribution in [0.2, 0.25) is 5.02 Å². The zero-order valence-electron chi connectivity index (χ0n) is 19.3. The maximum Gasteiger partial charge on any atom is 0.295 e. The number of ether oxygens (including phenoxy) is 1. The molecular weight excluding hydrogens is 488 g/mol. The molecule has 2 heterocycles. The van der Waals surface area contributed by atoms with Crippen LogP contribution in [-0.4, -0.2) is 49.3 Å². The van der Waals surface area contributed by atoms with Crippen molar-refractivity contribution in [2.45, 2.75) is 25.9 Å². The van der Waals surface area contributed by atoms with Crippen LogP contribution in [0.4, 0.5) is 5.69 Å². The Kier molecular flexibility index (Phi) is 7.35. The Hall–Kier alpha value is -4.18. The molecule has 186 valence electrons. The highest BCUT2D eigenvalue weighted by Crippen LogP contribution is 2.40. The maximum atomic E-state index is 13.1. The van der Waals surface area contributed by atoms with Crippen molar-refractivity contribution < 1.29 is 24.4 Å². The van der Waals surface area contributed by atoms with Gasteiger partial charge in [0.05, 0.1) is 34.5 Å². The van der Waals surface area contributed by atoms with Crippen LogP contribution in [0.25, 0.3) is 5.76 Å². The lowest BCUT2D eigenvalue weighted by Crippen LogP contribution is -2.31. The number of ketones is 1. The molecule has 1 aliphatic rings. The number of carbonyl (C=O) groups is 2. The van der Waals surface area contributed by atoms with Gasteiger partial charge in [0.2, 0.25) is 0 Å². The van der Waals surface area contributed by atoms with Crippen LogP contribution in [-0.2, 0) is 16.1 Å². The summed E-state index contributed by atoms with van der Waals surface area (Å²) in [5.74, 6) is -1.58. The Morgan fingerprint density at radius 3 is 2.56 bits per heavy atom. The average Bonchev–Trinajstić information content (AvgIpc) is 3.47. The van der Waals surface area contributed by atoms with E-state index in [4.69, 9.17) is 16.3 Å². The second kappa shape index (κ2) is 10.6. The van der Waals surface area contributed by atoms with E-state index >= 15 is 0 Å². The summed E-state index contributed by atoms with van der Waals surface area (Å²) in [4.78, 5) is 42.2. The largest absolute Gasteiger partial charge is 0.507 e. The number of benzene rings is 2. The van der Waals surface area contributed by atoms with Crippen molar-refractivity contribution in [2.24, 2.45) is 0 Å². The molecule has 11 heteroatoms. The van der Waals surface area contributed by atoms with Crippen molar-refractivity contribution >= 4 is 34.7 Å². The van der Waals surface area contributed by atoms with Gasteiger partial charge in [-0.05, 0) is 49.2 Å². The number of imidazole rings is 1. The van der Waals surface area contributed by atoms with Gasteiger partial charge in [0, 0.05) is 43.2 Å². The molecule has 1 saturated heterocycles. The van der Waals surface area contributed by atoms with E-state index in [-0.39, 0.29) is 28.4 Å². The van der Waals surface area contributed by atoms with E-state index in [2.05, 4.69) is 4.98 Å². The van der Waals surface area contributed by atoms with Crippen LogP contribution >= 0.6 is 11.6 Å². The van der Waals surface area contributed by atoms with Crippen LogP contribution in [0, 0.1) is 10.1 Å². The van der Waals surface area contributed by atoms with Crippen LogP contribution in [0.1, 0.15) is 30.5 Å². The SMILES string of the molecule is CCOc1ccc(C(O)=C2C(=O)C(=O)N(CCCn3ccnc3)C2c2ccc([N+](=O)[O-])cc2)cc1Cl. The van der Waals surface area contributed by atoms with Crippen molar-refractivity contribution in [2.75, 3.05) is 13.2 Å². The lowest BCUT2D eigenvalue weighted by molar-refractivity contribution is -0.384. The van der Waals surface area contributed by atoms with Crippen molar-refractivity contribution in [1.29, 1.82) is 0 Å². The molecule has 36 heavy (non-hydrogen) atoms. The predicted octanol–water partition coefficient (Wildman–Crippen LogP) is 4.36. The third-order valence-electron chi connectivity index (χ3n) is 5.84. The standard InChI is InChI=1S/C25H23ClN4O6/c1-2-36-20-9-6-17(14-19(20)26)23(31)21-22(16-4-7-18(8-5-16)30(34)35)29(25(33)24(21)32)12-3-11-28-13-10-27-15-28/h4-10,13-15,22,31H,2-3,11-12H2,1H3. The minimum Gasteiger partial charge on any atom is -0.507 e. The Morgan fingerprint density at radius 2 is 1.94 bits per heavy atom. The number of Topliss-reactive ketones (excluding diaryl/α,β-unsaturated/α-hetero) is 1. The number of rotatable bonds is 9. The van der Waals surface area contributed by atoms with Gasteiger partial charge in [-0.1, -0.05) is 11.6 Å². The number of nitro groups is 1. The smallest absolute Gasteiger partial charge is 0.295 e. The van der Waals surface area contributed by atoms with Crippen molar-refractivity contribution in [3.8, 4) is 5.75 Å². The zero-order valence-corrected chi connectivity index (χ0v) is 20.1. The summed E-state index contributed by atoms with van der Waals surface area (Å²) in [7, 11) is 0. The third kappa shape index (κ3) is 4.94. The first-order chi connectivity index (χ1) is 17.3. The Morgan fingerprint density at radius 1 is 1.19 bits per heavy atom. The number of nitrogens with zero attached hydrogens (tertiary/aromatic N) is 4. The molecule has 1 aromatic heterocycles. The van der Waals surface area contributed by atoms with Gasteiger partial charge in [0.15, 0.2) is 0 Å². The fraction of sp³-hybridized carbons (Fsp3) is 0.240. The number of halogens is 1. The Bertz CT molecular complexity index is 1320. The number of aromatic nitrogens is 2. The minimum atomic E-state index is -0.932. The summed E-state index contributed by atoms with van der Waals surface area (Å²) in [5, 5.41) is 22.5. The number of aliphatic hydroxyl groups excluding tert-OH is 1. The van der Waals surface area contributed by atoms with Gasteiger partial charge in [-0.2, -0.15) is 0 Å². The molecule has 10 nitrogen and oxygen atoms in total. The molecule has 2 aromatic carbocycles. The molecule has 4 rings (SSSR count). The van der Waals surface area contributed by atoms with E-state index in [0.29, 0.717) is 30.9 Å². The second-order valence-electron chi connectivity index (χ2n) is 8.07. The first kappa shape index (κ1) is 24.9. The summed E-state index contributed by atoms with van der Waals surface area (Å²) in [6.45, 7) is 2.98. The quantitative estimate of drug-likeness (QED) is 0.149. The molecule has 1 aliphatic heterocycles. The van der Waals surface area contributed by atoms with E-state index in [1.807, 2.05) is 11.5 Å². The fourth-order valence-corrected chi connectivity index (χ4v) is 4.39. The highest BCUT2D eigenvalue weighted by Gasteiger charge is 2.45. The summed E-state index contributed by atoms with van der Waals surface area (Å²) in [6.07, 6.45) is 5.60. The number of non-ortho nitro benzene ring substituents is 1. The highest BCUT2D eigenvalue weighted by molar-refractivity contribution is 6.46. The van der Waals surface area contributed by atoms with Crippen molar-refractivity contribution in [3.05, 3.63) is 93.0 Å². The van der Waals surface area contributed by atoms with Gasteiger partial charge < -0.3 is 19.3 Å². The minimum absolute atomic E-state index is 0.114. The molecule has 1 amide bonds. The summed E-state index contributed by atoms with van der Waals surface area (Å²) < 4.78 is 7.27. The molecule has 0 spiro atoms. The topological polar surface area (TPSA) is 128 Å². The first-order valence-electron chi connectivity index (χ1n) is 11.2. The number of hydrogen-bond donors (Lipinski definition) is 1. The summed E-state index contributed by atoms with van der Waals surface area (Å²) in [6, 6.07) is 9.21. The highest BCUT2D eigenvalue weighted by atomic mass is 35.5. The normalized spacial score (nSPS) is 16.9. The van der Waals surface area contributed by atoms with E-state index in [1.165, 1.54) is 35.2 Å². The van der Waals surface area contributed by atoms with Gasteiger partial charge in [-0.3, -0.25) is 19.7 Å². The van der Waals surface area contributed by atoms with E-state index in [1.54, 1.807) is 30.9 Å². The summed E-state index contributed by atoms with van der Waals surface area (Å²) >= 11 is 6.28. The molecule has 1 N–H and O–H groups in total. The van der Waals surface area contributed by atoms with Gasteiger partial charge in [0.1, 0.15) is 11.5 Å². The lowest BCUT2D eigenvalue weighted by Gasteiger charge is -2.25. The first-order valence-corrected chi connectivity index (χ1v) is 11.6. The third-order valence-corrected chi connectivity index (χ3v) is 6.13.